The topological polar surface area (TPSA) is 0 Å². The smallest absolute Gasteiger partial charge is 0.0112 e. The lowest BCUT2D eigenvalue weighted by molar-refractivity contribution is 0.519. The monoisotopic (exact) mass is 107 g/mol. The van der Waals surface area contributed by atoms with Crippen LogP contribution in [0.1, 0.15) is 19.3 Å². The summed E-state index contributed by atoms with van der Waals surface area (Å²) in [5, 5.41) is 0. The molecule has 8 heavy (non-hydrogen) atoms. The van der Waals surface area contributed by atoms with E-state index < -0.39 is 0 Å². The van der Waals surface area contributed by atoms with Crippen molar-refractivity contribution in [3.05, 3.63) is 19.1 Å². The SMILES string of the molecule is [CH2]C12C=CC(CC1)C2. The van der Waals surface area contributed by atoms with E-state index in [0.717, 1.165) is 5.92 Å². The first-order chi connectivity index (χ1) is 3.79. The maximum Gasteiger partial charge on any atom is -0.0112 e. The molecule has 2 rings (SSSR count). The van der Waals surface area contributed by atoms with Crippen LogP contribution in [-0.2, 0) is 0 Å². The van der Waals surface area contributed by atoms with Crippen LogP contribution in [0.2, 0.25) is 0 Å². The maximum absolute atomic E-state index is 4.14. The molecule has 0 aromatic heterocycles. The fourth-order valence-corrected chi connectivity index (χ4v) is 1.85. The molecule has 43 valence electrons. The van der Waals surface area contributed by atoms with Crippen LogP contribution in [0.25, 0.3) is 0 Å². The van der Waals surface area contributed by atoms with Gasteiger partial charge in [0.25, 0.3) is 0 Å². The van der Waals surface area contributed by atoms with Crippen molar-refractivity contribution < 1.29 is 0 Å². The van der Waals surface area contributed by atoms with Gasteiger partial charge in [-0.15, -0.1) is 0 Å². The normalized spacial score (nSPS) is 50.9. The van der Waals surface area contributed by atoms with Crippen molar-refractivity contribution in [3.63, 3.8) is 0 Å². The van der Waals surface area contributed by atoms with E-state index in [-0.39, 0.29) is 0 Å². The molecule has 0 N–H and O–H groups in total. The largest absolute Gasteiger partial charge is 0.0848 e. The van der Waals surface area contributed by atoms with E-state index in [0.29, 0.717) is 5.41 Å². The second-order valence-corrected chi connectivity index (χ2v) is 3.22. The van der Waals surface area contributed by atoms with Crippen LogP contribution in [0.15, 0.2) is 12.2 Å². The number of hydrogen-bond donors (Lipinski definition) is 0. The van der Waals surface area contributed by atoms with Gasteiger partial charge in [-0.05, 0) is 37.5 Å². The maximum atomic E-state index is 4.14. The lowest BCUT2D eigenvalue weighted by Gasteiger charge is -2.14. The average Bonchev–Trinajstić information content (AvgIpc) is 2.21. The number of rotatable bonds is 0. The van der Waals surface area contributed by atoms with E-state index in [1.165, 1.54) is 19.3 Å². The molecule has 0 aliphatic heterocycles. The van der Waals surface area contributed by atoms with Crippen LogP contribution in [-0.4, -0.2) is 0 Å². The summed E-state index contributed by atoms with van der Waals surface area (Å²) in [6.45, 7) is 4.14. The van der Waals surface area contributed by atoms with Gasteiger partial charge < -0.3 is 0 Å². The lowest BCUT2D eigenvalue weighted by atomic mass is 9.91. The van der Waals surface area contributed by atoms with E-state index >= 15 is 0 Å². The Morgan fingerprint density at radius 3 is 2.62 bits per heavy atom. The summed E-state index contributed by atoms with van der Waals surface area (Å²) < 4.78 is 0. The van der Waals surface area contributed by atoms with Crippen LogP contribution in [0.4, 0.5) is 0 Å². The predicted molar refractivity (Wildman–Crippen MR) is 34.3 cm³/mol. The summed E-state index contributed by atoms with van der Waals surface area (Å²) in [7, 11) is 0. The van der Waals surface area contributed by atoms with Crippen LogP contribution in [0.3, 0.4) is 0 Å². The number of hydrogen-bond acceptors (Lipinski definition) is 0. The molecular formula is C8H11. The lowest BCUT2D eigenvalue weighted by Crippen LogP contribution is -2.03. The van der Waals surface area contributed by atoms with Gasteiger partial charge in [0.15, 0.2) is 0 Å². The van der Waals surface area contributed by atoms with Crippen molar-refractivity contribution in [3.8, 4) is 0 Å². The number of fused-ring (bicyclic) bond motifs is 2. The molecule has 0 amide bonds. The van der Waals surface area contributed by atoms with Gasteiger partial charge in [-0.1, -0.05) is 12.2 Å². The van der Waals surface area contributed by atoms with Gasteiger partial charge in [0, 0.05) is 0 Å². The highest BCUT2D eigenvalue weighted by Gasteiger charge is 2.36. The molecule has 1 radical (unpaired) electrons. The summed E-state index contributed by atoms with van der Waals surface area (Å²) in [6.07, 6.45) is 8.67. The van der Waals surface area contributed by atoms with E-state index in [1.54, 1.807) is 0 Å². The average molecular weight is 107 g/mol. The summed E-state index contributed by atoms with van der Waals surface area (Å²) in [5.41, 5.74) is 0.380. The third kappa shape index (κ3) is 0.460. The molecule has 2 unspecified atom stereocenters. The highest BCUT2D eigenvalue weighted by molar-refractivity contribution is 5.16. The van der Waals surface area contributed by atoms with Crippen molar-refractivity contribution >= 4 is 0 Å². The summed E-state index contributed by atoms with van der Waals surface area (Å²) >= 11 is 0. The zero-order valence-corrected chi connectivity index (χ0v) is 5.06. The zero-order valence-electron chi connectivity index (χ0n) is 5.06. The van der Waals surface area contributed by atoms with Crippen molar-refractivity contribution in [1.82, 2.24) is 0 Å². The second kappa shape index (κ2) is 1.18. The predicted octanol–water partition coefficient (Wildman–Crippen LogP) is 2.18. The fourth-order valence-electron chi connectivity index (χ4n) is 1.85. The van der Waals surface area contributed by atoms with Crippen molar-refractivity contribution in [1.29, 1.82) is 0 Å². The second-order valence-electron chi connectivity index (χ2n) is 3.22. The molecule has 0 heteroatoms. The van der Waals surface area contributed by atoms with Crippen molar-refractivity contribution in [2.45, 2.75) is 19.3 Å². The zero-order chi connectivity index (χ0) is 5.61. The van der Waals surface area contributed by atoms with E-state index in [9.17, 15) is 0 Å². The van der Waals surface area contributed by atoms with Gasteiger partial charge in [0.05, 0.1) is 0 Å². The molecule has 2 aliphatic rings. The molecule has 0 aromatic carbocycles. The first-order valence-electron chi connectivity index (χ1n) is 3.33. The first kappa shape index (κ1) is 4.60. The van der Waals surface area contributed by atoms with Gasteiger partial charge >= 0.3 is 0 Å². The summed E-state index contributed by atoms with van der Waals surface area (Å²) in [5.74, 6) is 0.896. The first-order valence-corrected chi connectivity index (χ1v) is 3.33. The Morgan fingerprint density at radius 2 is 2.50 bits per heavy atom. The molecule has 0 heterocycles. The van der Waals surface area contributed by atoms with E-state index in [2.05, 4.69) is 19.1 Å². The molecular weight excluding hydrogens is 96.1 g/mol. The van der Waals surface area contributed by atoms with Gasteiger partial charge in [0.2, 0.25) is 0 Å². The molecule has 1 saturated carbocycles. The Bertz CT molecular complexity index is 135. The minimum absolute atomic E-state index is 0.380. The van der Waals surface area contributed by atoms with Gasteiger partial charge in [-0.3, -0.25) is 0 Å². The Kier molecular flexibility index (Phi) is 0.677. The molecule has 0 saturated heterocycles. The molecule has 0 aromatic rings. The Labute approximate surface area is 50.6 Å². The third-order valence-electron chi connectivity index (χ3n) is 2.40. The van der Waals surface area contributed by atoms with E-state index in [1.807, 2.05) is 0 Å². The quantitative estimate of drug-likeness (QED) is 0.416. The van der Waals surface area contributed by atoms with Gasteiger partial charge in [0.1, 0.15) is 0 Å². The Hall–Kier alpha value is -0.260. The van der Waals surface area contributed by atoms with Gasteiger partial charge in [-0.25, -0.2) is 0 Å². The highest BCUT2D eigenvalue weighted by atomic mass is 14.4. The highest BCUT2D eigenvalue weighted by Crippen LogP contribution is 2.48. The molecule has 1 fully saturated rings. The standard InChI is InChI=1S/C8H11/c1-8-4-2-7(6-8)3-5-8/h2,4,7H,1,3,5-6H2. The van der Waals surface area contributed by atoms with E-state index in [4.69, 9.17) is 0 Å². The number of allylic oxidation sites excluding steroid dienone is 2. The van der Waals surface area contributed by atoms with Crippen LogP contribution in [0.5, 0.6) is 0 Å². The minimum Gasteiger partial charge on any atom is -0.0848 e. The Balaban J connectivity index is 2.33. The van der Waals surface area contributed by atoms with Crippen molar-refractivity contribution in [2.75, 3.05) is 0 Å². The minimum atomic E-state index is 0.380. The van der Waals surface area contributed by atoms with Crippen LogP contribution < -0.4 is 0 Å². The molecule has 0 nitrogen and oxygen atoms in total. The van der Waals surface area contributed by atoms with Crippen LogP contribution in [0, 0.1) is 18.3 Å². The van der Waals surface area contributed by atoms with Crippen LogP contribution >= 0.6 is 0 Å². The fraction of sp³-hybridized carbons (Fsp3) is 0.625. The third-order valence-corrected chi connectivity index (χ3v) is 2.40. The van der Waals surface area contributed by atoms with Crippen molar-refractivity contribution in [2.24, 2.45) is 11.3 Å². The summed E-state index contributed by atoms with van der Waals surface area (Å²) in [6, 6.07) is 0. The molecule has 2 bridgehead atoms. The molecule has 2 aliphatic carbocycles. The molecule has 0 spiro atoms. The van der Waals surface area contributed by atoms with Gasteiger partial charge in [-0.2, -0.15) is 0 Å². The summed E-state index contributed by atoms with van der Waals surface area (Å²) in [4.78, 5) is 0. The molecule has 2 atom stereocenters. The Morgan fingerprint density at radius 1 is 1.62 bits per heavy atom.